The number of amides is 1. The number of nitro benzene ring substituents is 1. The molecule has 1 rings (SSSR count). The van der Waals surface area contributed by atoms with Crippen LogP contribution in [0.3, 0.4) is 0 Å². The molecule has 0 unspecified atom stereocenters. The van der Waals surface area contributed by atoms with Gasteiger partial charge in [0.25, 0.3) is 11.6 Å². The van der Waals surface area contributed by atoms with Crippen LogP contribution in [0.4, 0.5) is 5.69 Å². The highest BCUT2D eigenvalue weighted by Gasteiger charge is 2.18. The smallest absolute Gasteiger partial charge is 0.282 e. The number of para-hydroxylation sites is 1. The summed E-state index contributed by atoms with van der Waals surface area (Å²) in [6.07, 6.45) is 1.24. The van der Waals surface area contributed by atoms with E-state index in [2.05, 4.69) is 5.32 Å². The van der Waals surface area contributed by atoms with E-state index in [0.29, 0.717) is 19.4 Å². The van der Waals surface area contributed by atoms with Crippen LogP contribution in [0, 0.1) is 10.1 Å². The maximum atomic E-state index is 11.7. The monoisotopic (exact) mass is 238 g/mol. The van der Waals surface area contributed by atoms with E-state index < -0.39 is 10.8 Å². The minimum Gasteiger partial charge on any atom is -0.396 e. The molecule has 0 spiro atoms. The van der Waals surface area contributed by atoms with Gasteiger partial charge in [0.2, 0.25) is 0 Å². The van der Waals surface area contributed by atoms with Gasteiger partial charge in [0.15, 0.2) is 0 Å². The predicted octanol–water partition coefficient (Wildman–Crippen LogP) is 1.10. The number of hydrogen-bond acceptors (Lipinski definition) is 4. The van der Waals surface area contributed by atoms with E-state index in [9.17, 15) is 14.9 Å². The van der Waals surface area contributed by atoms with E-state index in [1.165, 1.54) is 18.2 Å². The van der Waals surface area contributed by atoms with Crippen LogP contribution in [0.5, 0.6) is 0 Å². The van der Waals surface area contributed by atoms with Gasteiger partial charge in [-0.2, -0.15) is 0 Å². The van der Waals surface area contributed by atoms with Gasteiger partial charge in [0, 0.05) is 19.2 Å². The molecule has 6 nitrogen and oxygen atoms in total. The highest BCUT2D eigenvalue weighted by atomic mass is 16.6. The molecule has 0 aromatic heterocycles. The molecule has 92 valence electrons. The van der Waals surface area contributed by atoms with Crippen molar-refractivity contribution in [3.05, 3.63) is 39.9 Å². The molecular weight excluding hydrogens is 224 g/mol. The normalized spacial score (nSPS) is 9.94. The number of nitrogens with one attached hydrogen (secondary N) is 1. The van der Waals surface area contributed by atoms with E-state index in [0.717, 1.165) is 0 Å². The van der Waals surface area contributed by atoms with Crippen molar-refractivity contribution in [1.82, 2.24) is 5.32 Å². The highest BCUT2D eigenvalue weighted by molar-refractivity contribution is 5.98. The standard InChI is InChI=1S/C11H14N2O4/c14-8-4-3-7-12-11(15)9-5-1-2-6-10(9)13(16)17/h1-2,5-6,14H,3-4,7-8H2,(H,12,15). The summed E-state index contributed by atoms with van der Waals surface area (Å²) in [5, 5.41) is 21.8. The largest absolute Gasteiger partial charge is 0.396 e. The summed E-state index contributed by atoms with van der Waals surface area (Å²) in [6.45, 7) is 0.465. The Morgan fingerprint density at radius 1 is 1.35 bits per heavy atom. The zero-order chi connectivity index (χ0) is 12.7. The molecule has 1 aromatic carbocycles. The molecule has 0 radical (unpaired) electrons. The topological polar surface area (TPSA) is 92.5 Å². The second-order valence-electron chi connectivity index (χ2n) is 3.46. The Labute approximate surface area is 98.4 Å². The Morgan fingerprint density at radius 3 is 2.71 bits per heavy atom. The molecule has 17 heavy (non-hydrogen) atoms. The van der Waals surface area contributed by atoms with Gasteiger partial charge in [-0.25, -0.2) is 0 Å². The molecule has 6 heteroatoms. The summed E-state index contributed by atoms with van der Waals surface area (Å²) in [6, 6.07) is 5.80. The van der Waals surface area contributed by atoms with Crippen LogP contribution in [0.2, 0.25) is 0 Å². The molecule has 0 saturated heterocycles. The lowest BCUT2D eigenvalue weighted by atomic mass is 10.1. The number of benzene rings is 1. The number of aliphatic hydroxyl groups is 1. The van der Waals surface area contributed by atoms with Crippen LogP contribution >= 0.6 is 0 Å². The van der Waals surface area contributed by atoms with Crippen molar-refractivity contribution in [2.24, 2.45) is 0 Å². The van der Waals surface area contributed by atoms with E-state index >= 15 is 0 Å². The van der Waals surface area contributed by atoms with Crippen LogP contribution in [0.1, 0.15) is 23.2 Å². The fourth-order valence-corrected chi connectivity index (χ4v) is 1.36. The maximum absolute atomic E-state index is 11.7. The van der Waals surface area contributed by atoms with Gasteiger partial charge in [-0.05, 0) is 18.9 Å². The summed E-state index contributed by atoms with van der Waals surface area (Å²) in [4.78, 5) is 21.8. The minimum atomic E-state index is -0.581. The predicted molar refractivity (Wildman–Crippen MR) is 61.7 cm³/mol. The third-order valence-electron chi connectivity index (χ3n) is 2.22. The summed E-state index contributed by atoms with van der Waals surface area (Å²) >= 11 is 0. The summed E-state index contributed by atoms with van der Waals surface area (Å²) in [5.74, 6) is -0.463. The maximum Gasteiger partial charge on any atom is 0.282 e. The summed E-state index contributed by atoms with van der Waals surface area (Å²) in [5.41, 5.74) is -0.145. The lowest BCUT2D eigenvalue weighted by Gasteiger charge is -2.04. The third kappa shape index (κ3) is 3.84. The van der Waals surface area contributed by atoms with Crippen molar-refractivity contribution in [2.45, 2.75) is 12.8 Å². The zero-order valence-electron chi connectivity index (χ0n) is 9.26. The van der Waals surface area contributed by atoms with E-state index in [-0.39, 0.29) is 17.9 Å². The molecule has 0 aliphatic heterocycles. The van der Waals surface area contributed by atoms with Crippen LogP contribution in [0.25, 0.3) is 0 Å². The molecular formula is C11H14N2O4. The molecule has 0 bridgehead atoms. The van der Waals surface area contributed by atoms with E-state index in [1.807, 2.05) is 0 Å². The van der Waals surface area contributed by atoms with Gasteiger partial charge in [-0.15, -0.1) is 0 Å². The van der Waals surface area contributed by atoms with Gasteiger partial charge in [-0.3, -0.25) is 14.9 Å². The molecule has 0 aliphatic rings. The minimum absolute atomic E-state index is 0.0569. The fourth-order valence-electron chi connectivity index (χ4n) is 1.36. The summed E-state index contributed by atoms with van der Waals surface area (Å²) in [7, 11) is 0. The number of nitrogens with zero attached hydrogens (tertiary/aromatic N) is 1. The Kier molecular flexibility index (Phi) is 5.09. The first-order chi connectivity index (χ1) is 8.16. The van der Waals surface area contributed by atoms with E-state index in [1.54, 1.807) is 6.07 Å². The second-order valence-corrected chi connectivity index (χ2v) is 3.46. The summed E-state index contributed by atoms with van der Waals surface area (Å²) < 4.78 is 0. The van der Waals surface area contributed by atoms with E-state index in [4.69, 9.17) is 5.11 Å². The quantitative estimate of drug-likeness (QED) is 0.441. The number of carbonyl (C=O) groups excluding carboxylic acids is 1. The lowest BCUT2D eigenvalue weighted by molar-refractivity contribution is -0.385. The van der Waals surface area contributed by atoms with Crippen molar-refractivity contribution in [1.29, 1.82) is 0 Å². The van der Waals surface area contributed by atoms with Gasteiger partial charge < -0.3 is 10.4 Å². The Bertz CT molecular complexity index is 406. The van der Waals surface area contributed by atoms with Gasteiger partial charge >= 0.3 is 0 Å². The van der Waals surface area contributed by atoms with Crippen LogP contribution < -0.4 is 5.32 Å². The molecule has 1 aromatic rings. The lowest BCUT2D eigenvalue weighted by Crippen LogP contribution is -2.25. The first-order valence-electron chi connectivity index (χ1n) is 5.29. The van der Waals surface area contributed by atoms with Crippen LogP contribution in [-0.2, 0) is 0 Å². The first kappa shape index (κ1) is 13.1. The fraction of sp³-hybridized carbons (Fsp3) is 0.364. The molecule has 2 N–H and O–H groups in total. The van der Waals surface area contributed by atoms with Crippen molar-refractivity contribution in [3.63, 3.8) is 0 Å². The molecule has 1 amide bonds. The number of hydrogen-bond donors (Lipinski definition) is 2. The second kappa shape index (κ2) is 6.59. The number of nitro groups is 1. The number of aliphatic hydroxyl groups excluding tert-OH is 1. The zero-order valence-corrected chi connectivity index (χ0v) is 9.26. The molecule has 0 aliphatic carbocycles. The Morgan fingerprint density at radius 2 is 2.06 bits per heavy atom. The third-order valence-corrected chi connectivity index (χ3v) is 2.22. The first-order valence-corrected chi connectivity index (χ1v) is 5.29. The van der Waals surface area contributed by atoms with Gasteiger partial charge in [0.05, 0.1) is 4.92 Å². The molecule has 0 fully saturated rings. The average Bonchev–Trinajstić information content (AvgIpc) is 2.34. The van der Waals surface area contributed by atoms with Crippen molar-refractivity contribution < 1.29 is 14.8 Å². The van der Waals surface area contributed by atoms with Crippen LogP contribution in [0.15, 0.2) is 24.3 Å². The van der Waals surface area contributed by atoms with Gasteiger partial charge in [0.1, 0.15) is 5.56 Å². The Hall–Kier alpha value is -1.95. The number of unbranched alkanes of at least 4 members (excludes halogenated alkanes) is 1. The number of rotatable bonds is 6. The number of carbonyl (C=O) groups is 1. The molecule has 0 heterocycles. The highest BCUT2D eigenvalue weighted by Crippen LogP contribution is 2.17. The van der Waals surface area contributed by atoms with Crippen LogP contribution in [-0.4, -0.2) is 29.1 Å². The SMILES string of the molecule is O=C(NCCCCO)c1ccccc1[N+](=O)[O-]. The van der Waals surface area contributed by atoms with Crippen molar-refractivity contribution >= 4 is 11.6 Å². The Balaban J connectivity index is 2.65. The van der Waals surface area contributed by atoms with Gasteiger partial charge in [-0.1, -0.05) is 12.1 Å². The molecule has 0 saturated carbocycles. The van der Waals surface area contributed by atoms with Crippen molar-refractivity contribution in [3.8, 4) is 0 Å². The van der Waals surface area contributed by atoms with Crippen molar-refractivity contribution in [2.75, 3.05) is 13.2 Å². The molecule has 0 atom stereocenters. The average molecular weight is 238 g/mol.